The van der Waals surface area contributed by atoms with E-state index in [0.717, 1.165) is 51.6 Å². The molecule has 1 saturated carbocycles. The molecular weight excluding hydrogens is 679 g/mol. The van der Waals surface area contributed by atoms with Crippen LogP contribution in [0.5, 0.6) is 0 Å². The van der Waals surface area contributed by atoms with Crippen LogP contribution in [0.15, 0.2) is 12.2 Å². The van der Waals surface area contributed by atoms with E-state index >= 15 is 0 Å². The molecule has 1 aliphatic heterocycles. The van der Waals surface area contributed by atoms with Gasteiger partial charge in [-0.15, -0.1) is 0 Å². The summed E-state index contributed by atoms with van der Waals surface area (Å²) in [5, 5.41) is 0. The Morgan fingerprint density at radius 2 is 1.20 bits per heavy atom. The van der Waals surface area contributed by atoms with E-state index in [1.54, 1.807) is 0 Å². The highest BCUT2D eigenvalue weighted by molar-refractivity contribution is 5.73. The van der Waals surface area contributed by atoms with Crippen molar-refractivity contribution < 1.29 is 19.1 Å². The fraction of sp³-hybridized carbons (Fsp3) is 0.920. The molecule has 1 aliphatic carbocycles. The normalized spacial score (nSPS) is 21.0. The standard InChI is InChI=1S/C50H93NO4/c1-9-12-15-17-19-21-23-25-27-30-32-44(33-31-28-26-24-22-20-18-16-13-10-2)49(4,5)41-50(6,7)55-47(52)39-42-35-36-46(45(42)34-29-14-11-3)54-48(53)43-37-38-51(8)40-43/h14,29,42-46H,9-13,15-28,30-41H2,1-8H3/b29-14-. The van der Waals surface area contributed by atoms with Crippen LogP contribution >= 0.6 is 0 Å². The highest BCUT2D eigenvalue weighted by Crippen LogP contribution is 2.44. The third-order valence-corrected chi connectivity index (χ3v) is 13.3. The van der Waals surface area contributed by atoms with Gasteiger partial charge >= 0.3 is 11.9 Å². The van der Waals surface area contributed by atoms with Gasteiger partial charge in [0.15, 0.2) is 0 Å². The van der Waals surface area contributed by atoms with E-state index in [2.05, 4.69) is 72.6 Å². The number of hydrogen-bond acceptors (Lipinski definition) is 5. The summed E-state index contributed by atoms with van der Waals surface area (Å²) in [7, 11) is 2.07. The van der Waals surface area contributed by atoms with E-state index in [9.17, 15) is 9.59 Å². The Hall–Kier alpha value is -1.36. The topological polar surface area (TPSA) is 55.8 Å². The number of esters is 2. The van der Waals surface area contributed by atoms with Gasteiger partial charge in [0, 0.05) is 18.9 Å². The zero-order chi connectivity index (χ0) is 40.4. The molecular formula is C50H93NO4. The lowest BCUT2D eigenvalue weighted by atomic mass is 9.68. The second-order valence-electron chi connectivity index (χ2n) is 19.6. The minimum absolute atomic E-state index is 0.0240. The van der Waals surface area contributed by atoms with Crippen molar-refractivity contribution >= 4 is 11.9 Å². The average molecular weight is 772 g/mol. The number of carbonyl (C=O) groups is 2. The molecule has 4 atom stereocenters. The molecule has 0 amide bonds. The number of likely N-dealkylation sites (tertiary alicyclic amines) is 1. The molecule has 0 aromatic carbocycles. The smallest absolute Gasteiger partial charge is 0.310 e. The molecule has 5 nitrogen and oxygen atoms in total. The number of unbranched alkanes of at least 4 members (excludes halogenated alkanes) is 18. The summed E-state index contributed by atoms with van der Waals surface area (Å²) in [6.07, 6.45) is 40.2. The van der Waals surface area contributed by atoms with Crippen LogP contribution in [-0.2, 0) is 19.1 Å². The number of allylic oxidation sites excluding steroid dienone is 2. The van der Waals surface area contributed by atoms with Crippen molar-refractivity contribution in [3.05, 3.63) is 12.2 Å². The van der Waals surface area contributed by atoms with Gasteiger partial charge in [0.25, 0.3) is 0 Å². The lowest BCUT2D eigenvalue weighted by molar-refractivity contribution is -0.161. The highest BCUT2D eigenvalue weighted by Gasteiger charge is 2.42. The molecule has 0 spiro atoms. The number of nitrogens with zero attached hydrogens (tertiary/aromatic N) is 1. The van der Waals surface area contributed by atoms with Crippen molar-refractivity contribution in [2.75, 3.05) is 20.1 Å². The minimum atomic E-state index is -0.523. The summed E-state index contributed by atoms with van der Waals surface area (Å²) in [5.74, 6) is 0.847. The predicted octanol–water partition coefficient (Wildman–Crippen LogP) is 14.6. The Kier molecular flexibility index (Phi) is 26.2. The lowest BCUT2D eigenvalue weighted by Crippen LogP contribution is -2.38. The van der Waals surface area contributed by atoms with E-state index in [4.69, 9.17) is 9.47 Å². The van der Waals surface area contributed by atoms with Gasteiger partial charge in [-0.3, -0.25) is 9.59 Å². The highest BCUT2D eigenvalue weighted by atomic mass is 16.6. The van der Waals surface area contributed by atoms with Crippen molar-refractivity contribution in [3.63, 3.8) is 0 Å². The van der Waals surface area contributed by atoms with E-state index in [0.29, 0.717) is 12.3 Å². The van der Waals surface area contributed by atoms with Crippen LogP contribution < -0.4 is 0 Å². The molecule has 322 valence electrons. The Morgan fingerprint density at radius 1 is 0.691 bits per heavy atom. The lowest BCUT2D eigenvalue weighted by Gasteiger charge is -2.41. The molecule has 2 fully saturated rings. The van der Waals surface area contributed by atoms with Crippen molar-refractivity contribution in [3.8, 4) is 0 Å². The van der Waals surface area contributed by atoms with Crippen LogP contribution in [0, 0.1) is 29.1 Å². The number of carbonyl (C=O) groups excluding carboxylic acids is 2. The fourth-order valence-electron chi connectivity index (χ4n) is 10.2. The molecule has 0 aromatic rings. The first-order chi connectivity index (χ1) is 26.4. The van der Waals surface area contributed by atoms with E-state index < -0.39 is 5.60 Å². The van der Waals surface area contributed by atoms with Crippen LogP contribution in [0.2, 0.25) is 0 Å². The SMILES string of the molecule is CC/C=C\CC1C(CC(=O)OC(C)(C)CC(C)(C)C(CCCCCCCCCCCC)CCCCCCCCCCCC)CCC1OC(=O)C1CCN(C)C1. The first-order valence-corrected chi connectivity index (χ1v) is 24.2. The maximum absolute atomic E-state index is 13.7. The second kappa shape index (κ2) is 28.9. The van der Waals surface area contributed by atoms with E-state index in [-0.39, 0.29) is 41.2 Å². The van der Waals surface area contributed by atoms with E-state index in [1.165, 1.54) is 141 Å². The number of ether oxygens (including phenoxy) is 2. The van der Waals surface area contributed by atoms with Gasteiger partial charge in [0.2, 0.25) is 0 Å². The second-order valence-corrected chi connectivity index (χ2v) is 19.6. The first kappa shape index (κ1) is 49.8. The maximum Gasteiger partial charge on any atom is 0.310 e. The molecule has 2 aliphatic rings. The van der Waals surface area contributed by atoms with Gasteiger partial charge in [-0.05, 0) is 96.1 Å². The summed E-state index contributed by atoms with van der Waals surface area (Å²) >= 11 is 0. The maximum atomic E-state index is 13.7. The van der Waals surface area contributed by atoms with Crippen molar-refractivity contribution in [1.29, 1.82) is 0 Å². The Balaban J connectivity index is 1.93. The zero-order valence-corrected chi connectivity index (χ0v) is 38.0. The van der Waals surface area contributed by atoms with Gasteiger partial charge in [0.05, 0.1) is 5.92 Å². The predicted molar refractivity (Wildman–Crippen MR) is 235 cm³/mol. The molecule has 1 heterocycles. The molecule has 1 saturated heterocycles. The minimum Gasteiger partial charge on any atom is -0.462 e. The van der Waals surface area contributed by atoms with Crippen LogP contribution in [0.4, 0.5) is 0 Å². The zero-order valence-electron chi connectivity index (χ0n) is 38.0. The summed E-state index contributed by atoms with van der Waals surface area (Å²) in [4.78, 5) is 29.0. The van der Waals surface area contributed by atoms with Crippen LogP contribution in [0.3, 0.4) is 0 Å². The Labute approximate surface area is 342 Å². The largest absolute Gasteiger partial charge is 0.462 e. The molecule has 0 N–H and O–H groups in total. The average Bonchev–Trinajstić information content (AvgIpc) is 3.73. The Morgan fingerprint density at radius 3 is 1.67 bits per heavy atom. The van der Waals surface area contributed by atoms with Gasteiger partial charge in [-0.2, -0.15) is 0 Å². The van der Waals surface area contributed by atoms with Crippen LogP contribution in [-0.4, -0.2) is 48.7 Å². The van der Waals surface area contributed by atoms with Crippen molar-refractivity contribution in [1.82, 2.24) is 4.90 Å². The van der Waals surface area contributed by atoms with E-state index in [1.807, 2.05) is 0 Å². The van der Waals surface area contributed by atoms with Crippen LogP contribution in [0.25, 0.3) is 0 Å². The molecule has 0 bridgehead atoms. The summed E-state index contributed by atoms with van der Waals surface area (Å²) < 4.78 is 12.6. The summed E-state index contributed by atoms with van der Waals surface area (Å²) in [5.41, 5.74) is -0.429. The first-order valence-electron chi connectivity index (χ1n) is 24.2. The van der Waals surface area contributed by atoms with Crippen molar-refractivity contribution in [2.45, 2.75) is 246 Å². The molecule has 0 aromatic heterocycles. The molecule has 55 heavy (non-hydrogen) atoms. The van der Waals surface area contributed by atoms with Crippen molar-refractivity contribution in [2.24, 2.45) is 29.1 Å². The molecule has 4 unspecified atom stereocenters. The molecule has 2 rings (SSSR count). The molecule has 5 heteroatoms. The fourth-order valence-corrected chi connectivity index (χ4v) is 10.2. The van der Waals surface area contributed by atoms with Crippen LogP contribution in [0.1, 0.15) is 235 Å². The third-order valence-electron chi connectivity index (χ3n) is 13.3. The monoisotopic (exact) mass is 772 g/mol. The van der Waals surface area contributed by atoms with Gasteiger partial charge in [-0.25, -0.2) is 0 Å². The summed E-state index contributed by atoms with van der Waals surface area (Å²) in [6.45, 7) is 17.7. The summed E-state index contributed by atoms with van der Waals surface area (Å²) in [6, 6.07) is 0. The van der Waals surface area contributed by atoms with Gasteiger partial charge in [-0.1, -0.05) is 175 Å². The molecule has 0 radical (unpaired) electrons. The third kappa shape index (κ3) is 21.8. The number of rotatable bonds is 33. The number of hydrogen-bond donors (Lipinski definition) is 0. The Bertz CT molecular complexity index is 995. The van der Waals surface area contributed by atoms with Gasteiger partial charge < -0.3 is 14.4 Å². The quantitative estimate of drug-likeness (QED) is 0.0378. The van der Waals surface area contributed by atoms with Gasteiger partial charge in [0.1, 0.15) is 11.7 Å².